The lowest BCUT2D eigenvalue weighted by molar-refractivity contribution is -0.102. The number of ether oxygens (including phenoxy) is 1. The van der Waals surface area contributed by atoms with E-state index in [0.29, 0.717) is 13.1 Å². The fraction of sp³-hybridized carbons (Fsp3) is 0.900. The molecule has 0 spiro atoms. The minimum Gasteiger partial charge on any atom is -0.443 e. The standard InChI is InChI=1S/C10H20N2O3/c1-7(10(14)5-11-6-10)15-8(13)12-9(2,3)4/h7,11,14H,5-6H2,1-4H3,(H,12,13)/t7-/m1/s1. The molecule has 1 rings (SSSR count). The molecule has 1 aliphatic heterocycles. The van der Waals surface area contributed by atoms with Gasteiger partial charge in [0, 0.05) is 18.6 Å². The summed E-state index contributed by atoms with van der Waals surface area (Å²) in [5.74, 6) is 0. The van der Waals surface area contributed by atoms with Crippen molar-refractivity contribution < 1.29 is 14.6 Å². The van der Waals surface area contributed by atoms with E-state index in [1.807, 2.05) is 20.8 Å². The molecule has 88 valence electrons. The van der Waals surface area contributed by atoms with Crippen LogP contribution in [0.25, 0.3) is 0 Å². The van der Waals surface area contributed by atoms with Crippen LogP contribution in [-0.4, -0.2) is 41.5 Å². The van der Waals surface area contributed by atoms with Crippen molar-refractivity contribution in [2.45, 2.75) is 44.9 Å². The van der Waals surface area contributed by atoms with Gasteiger partial charge in [0.05, 0.1) is 0 Å². The molecule has 0 aromatic heterocycles. The first-order valence-electron chi connectivity index (χ1n) is 5.15. The number of alkyl carbamates (subject to hydrolysis) is 1. The van der Waals surface area contributed by atoms with Crippen molar-refractivity contribution in [2.24, 2.45) is 0 Å². The number of hydrogen-bond donors (Lipinski definition) is 3. The van der Waals surface area contributed by atoms with Gasteiger partial charge in [0.2, 0.25) is 0 Å². The fourth-order valence-corrected chi connectivity index (χ4v) is 1.27. The lowest BCUT2D eigenvalue weighted by Gasteiger charge is -2.41. The van der Waals surface area contributed by atoms with E-state index in [1.54, 1.807) is 6.92 Å². The van der Waals surface area contributed by atoms with Gasteiger partial charge in [0.15, 0.2) is 0 Å². The van der Waals surface area contributed by atoms with Crippen molar-refractivity contribution >= 4 is 6.09 Å². The van der Waals surface area contributed by atoms with Gasteiger partial charge in [-0.2, -0.15) is 0 Å². The second kappa shape index (κ2) is 3.98. The Hall–Kier alpha value is -0.810. The Morgan fingerprint density at radius 1 is 1.53 bits per heavy atom. The summed E-state index contributed by atoms with van der Waals surface area (Å²) in [4.78, 5) is 11.4. The third-order valence-corrected chi connectivity index (χ3v) is 2.38. The lowest BCUT2D eigenvalue weighted by atomic mass is 9.91. The molecule has 1 amide bonds. The smallest absolute Gasteiger partial charge is 0.407 e. The zero-order chi connectivity index (χ0) is 11.7. The first kappa shape index (κ1) is 12.3. The minimum atomic E-state index is -0.908. The van der Waals surface area contributed by atoms with Crippen molar-refractivity contribution in [3.63, 3.8) is 0 Å². The molecule has 1 aliphatic rings. The highest BCUT2D eigenvalue weighted by atomic mass is 16.6. The van der Waals surface area contributed by atoms with Crippen LogP contribution in [0.3, 0.4) is 0 Å². The third kappa shape index (κ3) is 3.35. The van der Waals surface area contributed by atoms with E-state index in [4.69, 9.17) is 4.74 Å². The van der Waals surface area contributed by atoms with Crippen molar-refractivity contribution in [1.82, 2.24) is 10.6 Å². The van der Waals surface area contributed by atoms with Crippen LogP contribution in [0.1, 0.15) is 27.7 Å². The van der Waals surface area contributed by atoms with Crippen LogP contribution in [-0.2, 0) is 4.74 Å². The van der Waals surface area contributed by atoms with Crippen LogP contribution in [0, 0.1) is 0 Å². The van der Waals surface area contributed by atoms with Gasteiger partial charge in [-0.15, -0.1) is 0 Å². The van der Waals surface area contributed by atoms with Gasteiger partial charge in [0.1, 0.15) is 11.7 Å². The van der Waals surface area contributed by atoms with Crippen LogP contribution in [0.4, 0.5) is 4.79 Å². The molecule has 0 bridgehead atoms. The highest BCUT2D eigenvalue weighted by Gasteiger charge is 2.42. The SMILES string of the molecule is C[C@@H](OC(=O)NC(C)(C)C)C1(O)CNC1. The predicted molar refractivity (Wildman–Crippen MR) is 56.7 cm³/mol. The van der Waals surface area contributed by atoms with Crippen LogP contribution < -0.4 is 10.6 Å². The molecular weight excluding hydrogens is 196 g/mol. The highest BCUT2D eigenvalue weighted by molar-refractivity contribution is 5.68. The van der Waals surface area contributed by atoms with E-state index in [-0.39, 0.29) is 5.54 Å². The average Bonchev–Trinajstić information content (AvgIpc) is 1.95. The third-order valence-electron chi connectivity index (χ3n) is 2.38. The summed E-state index contributed by atoms with van der Waals surface area (Å²) >= 11 is 0. The monoisotopic (exact) mass is 216 g/mol. The Morgan fingerprint density at radius 3 is 2.40 bits per heavy atom. The van der Waals surface area contributed by atoms with Crippen LogP contribution in [0.5, 0.6) is 0 Å². The second-order valence-corrected chi connectivity index (χ2v) is 5.13. The summed E-state index contributed by atoms with van der Waals surface area (Å²) in [7, 11) is 0. The second-order valence-electron chi connectivity index (χ2n) is 5.13. The molecule has 5 nitrogen and oxygen atoms in total. The van der Waals surface area contributed by atoms with Gasteiger partial charge in [0.25, 0.3) is 0 Å². The Bertz CT molecular complexity index is 244. The van der Waals surface area contributed by atoms with E-state index < -0.39 is 17.8 Å². The van der Waals surface area contributed by atoms with Crippen molar-refractivity contribution in [1.29, 1.82) is 0 Å². The molecular formula is C10H20N2O3. The Kier molecular flexibility index (Phi) is 3.25. The number of carbonyl (C=O) groups is 1. The van der Waals surface area contributed by atoms with Crippen LogP contribution >= 0.6 is 0 Å². The van der Waals surface area contributed by atoms with Crippen molar-refractivity contribution in [3.8, 4) is 0 Å². The first-order chi connectivity index (χ1) is 6.73. The maximum absolute atomic E-state index is 11.4. The van der Waals surface area contributed by atoms with Gasteiger partial charge in [-0.25, -0.2) is 4.79 Å². The highest BCUT2D eigenvalue weighted by Crippen LogP contribution is 2.18. The summed E-state index contributed by atoms with van der Waals surface area (Å²) in [6, 6.07) is 0. The van der Waals surface area contributed by atoms with Gasteiger partial charge in [-0.3, -0.25) is 0 Å². The molecule has 0 radical (unpaired) electrons. The molecule has 0 aromatic rings. The maximum atomic E-state index is 11.4. The minimum absolute atomic E-state index is 0.322. The van der Waals surface area contributed by atoms with Crippen molar-refractivity contribution in [2.75, 3.05) is 13.1 Å². The summed E-state index contributed by atoms with van der Waals surface area (Å²) in [6.07, 6.45) is -0.989. The number of aliphatic hydroxyl groups is 1. The summed E-state index contributed by atoms with van der Waals surface area (Å²) in [5.41, 5.74) is -1.23. The van der Waals surface area contributed by atoms with E-state index in [1.165, 1.54) is 0 Å². The Balaban J connectivity index is 2.38. The molecule has 0 unspecified atom stereocenters. The normalized spacial score (nSPS) is 21.4. The van der Waals surface area contributed by atoms with E-state index in [9.17, 15) is 9.90 Å². The molecule has 5 heteroatoms. The summed E-state index contributed by atoms with van der Waals surface area (Å²) in [5, 5.41) is 15.5. The maximum Gasteiger partial charge on any atom is 0.407 e. The van der Waals surface area contributed by atoms with Crippen LogP contribution in [0.15, 0.2) is 0 Å². The molecule has 0 aliphatic carbocycles. The Labute approximate surface area is 90.2 Å². The number of rotatable bonds is 2. The van der Waals surface area contributed by atoms with Gasteiger partial charge in [-0.05, 0) is 27.7 Å². The molecule has 15 heavy (non-hydrogen) atoms. The van der Waals surface area contributed by atoms with Gasteiger partial charge < -0.3 is 20.5 Å². The molecule has 1 fully saturated rings. The lowest BCUT2D eigenvalue weighted by Crippen LogP contribution is -2.66. The molecule has 0 aromatic carbocycles. The predicted octanol–water partition coefficient (Wildman–Crippen LogP) is 0.234. The fourth-order valence-electron chi connectivity index (χ4n) is 1.27. The zero-order valence-corrected chi connectivity index (χ0v) is 9.76. The topological polar surface area (TPSA) is 70.6 Å². The number of nitrogens with one attached hydrogen (secondary N) is 2. The molecule has 1 heterocycles. The zero-order valence-electron chi connectivity index (χ0n) is 9.76. The van der Waals surface area contributed by atoms with Crippen molar-refractivity contribution in [3.05, 3.63) is 0 Å². The quantitative estimate of drug-likeness (QED) is 0.618. The molecule has 1 atom stereocenters. The van der Waals surface area contributed by atoms with E-state index >= 15 is 0 Å². The summed E-state index contributed by atoms with van der Waals surface area (Å²) < 4.78 is 5.09. The molecule has 0 saturated carbocycles. The van der Waals surface area contributed by atoms with E-state index in [0.717, 1.165) is 0 Å². The van der Waals surface area contributed by atoms with Gasteiger partial charge in [-0.1, -0.05) is 0 Å². The molecule has 1 saturated heterocycles. The average molecular weight is 216 g/mol. The van der Waals surface area contributed by atoms with Gasteiger partial charge >= 0.3 is 6.09 Å². The Morgan fingerprint density at radius 2 is 2.07 bits per heavy atom. The number of hydrogen-bond acceptors (Lipinski definition) is 4. The number of β-amino-alcohol motifs (C(OH)–C–C–N with tert-alkyl or cyclic N) is 1. The van der Waals surface area contributed by atoms with E-state index in [2.05, 4.69) is 10.6 Å². The largest absolute Gasteiger partial charge is 0.443 e. The number of carbonyl (C=O) groups excluding carboxylic acids is 1. The first-order valence-corrected chi connectivity index (χ1v) is 5.15. The van der Waals surface area contributed by atoms with Crippen LogP contribution in [0.2, 0.25) is 0 Å². The molecule has 3 N–H and O–H groups in total. The summed E-state index contributed by atoms with van der Waals surface area (Å²) in [6.45, 7) is 8.26. The number of amides is 1.